The van der Waals surface area contributed by atoms with Crippen LogP contribution < -0.4 is 5.32 Å². The van der Waals surface area contributed by atoms with E-state index in [1.807, 2.05) is 34.6 Å². The van der Waals surface area contributed by atoms with Crippen LogP contribution in [0.15, 0.2) is 18.2 Å². The monoisotopic (exact) mass is 321 g/mol. The molecule has 1 aromatic heterocycles. The minimum Gasteiger partial charge on any atom is -0.444 e. The zero-order valence-corrected chi connectivity index (χ0v) is 14.3. The summed E-state index contributed by atoms with van der Waals surface area (Å²) in [5.74, 6) is -0.297. The summed E-state index contributed by atoms with van der Waals surface area (Å²) in [6.07, 6.45) is 0.298. The van der Waals surface area contributed by atoms with Crippen LogP contribution in [0.3, 0.4) is 0 Å². The number of hydrogen-bond acceptors (Lipinski definition) is 3. The number of ether oxygens (including phenoxy) is 1. The molecular weight excluding hydrogens is 297 g/mol. The van der Waals surface area contributed by atoms with E-state index in [1.54, 1.807) is 10.7 Å². The zero-order chi connectivity index (χ0) is 17.2. The molecule has 0 bridgehead atoms. The largest absolute Gasteiger partial charge is 0.444 e. The van der Waals surface area contributed by atoms with Crippen molar-refractivity contribution in [3.05, 3.63) is 29.7 Å². The lowest BCUT2D eigenvalue weighted by Gasteiger charge is -2.22. The molecule has 0 aliphatic carbocycles. The Labute approximate surface area is 135 Å². The number of aryl methyl sites for hydroxylation is 1. The molecule has 6 heteroatoms. The molecule has 126 valence electrons. The predicted octanol–water partition coefficient (Wildman–Crippen LogP) is 3.65. The summed E-state index contributed by atoms with van der Waals surface area (Å²) < 4.78 is 20.5. The molecule has 23 heavy (non-hydrogen) atoms. The number of nitrogens with zero attached hydrogens (tertiary/aromatic N) is 2. The van der Waals surface area contributed by atoms with Gasteiger partial charge in [-0.15, -0.1) is 0 Å². The van der Waals surface area contributed by atoms with E-state index >= 15 is 0 Å². The first kappa shape index (κ1) is 17.2. The van der Waals surface area contributed by atoms with Gasteiger partial charge in [-0.2, -0.15) is 5.10 Å². The third-order valence-corrected chi connectivity index (χ3v) is 3.34. The van der Waals surface area contributed by atoms with Gasteiger partial charge in [0.2, 0.25) is 0 Å². The highest BCUT2D eigenvalue weighted by atomic mass is 19.1. The van der Waals surface area contributed by atoms with Crippen molar-refractivity contribution < 1.29 is 13.9 Å². The van der Waals surface area contributed by atoms with E-state index in [2.05, 4.69) is 10.4 Å². The fraction of sp³-hybridized carbons (Fsp3) is 0.529. The van der Waals surface area contributed by atoms with Crippen LogP contribution in [0.4, 0.5) is 9.18 Å². The summed E-state index contributed by atoms with van der Waals surface area (Å²) in [5, 5.41) is 8.25. The third kappa shape index (κ3) is 4.43. The van der Waals surface area contributed by atoms with E-state index in [0.717, 1.165) is 23.0 Å². The van der Waals surface area contributed by atoms with Gasteiger partial charge >= 0.3 is 6.09 Å². The summed E-state index contributed by atoms with van der Waals surface area (Å²) in [6.45, 7) is 9.76. The Bertz CT molecular complexity index is 704. The second-order valence-corrected chi connectivity index (χ2v) is 6.69. The molecule has 1 heterocycles. The van der Waals surface area contributed by atoms with Crippen LogP contribution in [0, 0.1) is 5.82 Å². The summed E-state index contributed by atoms with van der Waals surface area (Å²) in [7, 11) is 0. The smallest absolute Gasteiger partial charge is 0.407 e. The number of rotatable bonds is 4. The summed E-state index contributed by atoms with van der Waals surface area (Å²) in [4.78, 5) is 11.8. The van der Waals surface area contributed by atoms with Gasteiger partial charge in [-0.25, -0.2) is 9.18 Å². The lowest BCUT2D eigenvalue weighted by atomic mass is 10.2. The van der Waals surface area contributed by atoms with Gasteiger partial charge in [0.1, 0.15) is 11.4 Å². The van der Waals surface area contributed by atoms with E-state index in [4.69, 9.17) is 4.74 Å². The molecule has 0 aliphatic heterocycles. The molecule has 0 spiro atoms. The number of aromatic nitrogens is 2. The van der Waals surface area contributed by atoms with Gasteiger partial charge in [-0.1, -0.05) is 6.92 Å². The third-order valence-electron chi connectivity index (χ3n) is 3.34. The highest BCUT2D eigenvalue weighted by Crippen LogP contribution is 2.20. The van der Waals surface area contributed by atoms with E-state index in [9.17, 15) is 9.18 Å². The van der Waals surface area contributed by atoms with Crippen LogP contribution in [0.25, 0.3) is 10.9 Å². The molecule has 2 rings (SSSR count). The van der Waals surface area contributed by atoms with Gasteiger partial charge in [0, 0.05) is 11.4 Å². The van der Waals surface area contributed by atoms with Gasteiger partial charge in [0.15, 0.2) is 0 Å². The molecule has 1 atom stereocenters. The number of hydrogen-bond donors (Lipinski definition) is 1. The average molecular weight is 321 g/mol. The van der Waals surface area contributed by atoms with Crippen molar-refractivity contribution in [3.63, 3.8) is 0 Å². The Balaban J connectivity index is 2.15. The van der Waals surface area contributed by atoms with Crippen LogP contribution in [0.2, 0.25) is 0 Å². The molecule has 2 aromatic rings. The maximum atomic E-state index is 13.5. The molecule has 1 unspecified atom stereocenters. The van der Waals surface area contributed by atoms with Crippen molar-refractivity contribution in [2.75, 3.05) is 0 Å². The van der Waals surface area contributed by atoms with Gasteiger partial charge < -0.3 is 10.1 Å². The molecule has 1 N–H and O–H groups in total. The Morgan fingerprint density at radius 2 is 2.13 bits per heavy atom. The second-order valence-electron chi connectivity index (χ2n) is 6.69. The van der Waals surface area contributed by atoms with Crippen molar-refractivity contribution in [3.8, 4) is 0 Å². The number of amides is 1. The quantitative estimate of drug-likeness (QED) is 0.935. The summed E-state index contributed by atoms with van der Waals surface area (Å²) in [6, 6.07) is 4.47. The topological polar surface area (TPSA) is 56.2 Å². The van der Waals surface area contributed by atoms with Crippen molar-refractivity contribution in [1.82, 2.24) is 15.1 Å². The SMILES string of the molecule is CCc1nn(CC(C)NC(=O)OC(C)(C)C)c2cc(F)ccc12. The van der Waals surface area contributed by atoms with Crippen LogP contribution in [0.1, 0.15) is 40.3 Å². The second kappa shape index (κ2) is 6.56. The van der Waals surface area contributed by atoms with Crippen molar-refractivity contribution >= 4 is 17.0 Å². The van der Waals surface area contributed by atoms with Crippen molar-refractivity contribution in [2.45, 2.75) is 59.2 Å². The Kier molecular flexibility index (Phi) is 4.92. The van der Waals surface area contributed by atoms with Gasteiger partial charge in [0.25, 0.3) is 0 Å². The number of carbonyl (C=O) groups is 1. The van der Waals surface area contributed by atoms with Gasteiger partial charge in [0.05, 0.1) is 17.8 Å². The molecule has 0 radical (unpaired) electrons. The fourth-order valence-electron chi connectivity index (χ4n) is 2.43. The highest BCUT2D eigenvalue weighted by Gasteiger charge is 2.19. The molecule has 0 fully saturated rings. The van der Waals surface area contributed by atoms with Crippen LogP contribution in [0.5, 0.6) is 0 Å². The Morgan fingerprint density at radius 3 is 2.74 bits per heavy atom. The molecule has 1 aromatic carbocycles. The number of halogens is 1. The Hall–Kier alpha value is -2.11. The maximum Gasteiger partial charge on any atom is 0.407 e. The average Bonchev–Trinajstić information content (AvgIpc) is 2.73. The summed E-state index contributed by atoms with van der Waals surface area (Å²) >= 11 is 0. The molecular formula is C17H24FN3O2. The van der Waals surface area contributed by atoms with Crippen molar-refractivity contribution in [1.29, 1.82) is 0 Å². The molecule has 0 saturated carbocycles. The Morgan fingerprint density at radius 1 is 1.43 bits per heavy atom. The lowest BCUT2D eigenvalue weighted by molar-refractivity contribution is 0.0503. The van der Waals surface area contributed by atoms with Crippen LogP contribution in [-0.4, -0.2) is 27.5 Å². The fourth-order valence-corrected chi connectivity index (χ4v) is 2.43. The lowest BCUT2D eigenvalue weighted by Crippen LogP contribution is -2.39. The van der Waals surface area contributed by atoms with E-state index in [-0.39, 0.29) is 11.9 Å². The van der Waals surface area contributed by atoms with Crippen molar-refractivity contribution in [2.24, 2.45) is 0 Å². The normalized spacial score (nSPS) is 13.1. The standard InChI is InChI=1S/C17H24FN3O2/c1-6-14-13-8-7-12(18)9-15(13)21(20-14)10-11(2)19-16(22)23-17(3,4)5/h7-9,11H,6,10H2,1-5H3,(H,19,22). The number of nitrogens with one attached hydrogen (secondary N) is 1. The number of carbonyl (C=O) groups excluding carboxylic acids is 1. The van der Waals surface area contributed by atoms with Gasteiger partial charge in [-0.3, -0.25) is 4.68 Å². The van der Waals surface area contributed by atoms with E-state index in [0.29, 0.717) is 6.54 Å². The highest BCUT2D eigenvalue weighted by molar-refractivity contribution is 5.82. The first-order valence-corrected chi connectivity index (χ1v) is 7.84. The minimum absolute atomic E-state index is 0.194. The predicted molar refractivity (Wildman–Crippen MR) is 87.9 cm³/mol. The first-order chi connectivity index (χ1) is 10.7. The number of benzene rings is 1. The molecule has 5 nitrogen and oxygen atoms in total. The van der Waals surface area contributed by atoms with Crippen LogP contribution in [-0.2, 0) is 17.7 Å². The van der Waals surface area contributed by atoms with E-state index in [1.165, 1.54) is 12.1 Å². The van der Waals surface area contributed by atoms with Crippen LogP contribution >= 0.6 is 0 Å². The molecule has 1 amide bonds. The molecule has 0 aliphatic rings. The molecule has 0 saturated heterocycles. The zero-order valence-electron chi connectivity index (χ0n) is 14.3. The minimum atomic E-state index is -0.541. The summed E-state index contributed by atoms with van der Waals surface area (Å²) in [5.41, 5.74) is 1.12. The number of fused-ring (bicyclic) bond motifs is 1. The van der Waals surface area contributed by atoms with Gasteiger partial charge in [-0.05, 0) is 52.3 Å². The van der Waals surface area contributed by atoms with E-state index < -0.39 is 11.7 Å². The first-order valence-electron chi connectivity index (χ1n) is 7.84. The number of alkyl carbamates (subject to hydrolysis) is 1. The maximum absolute atomic E-state index is 13.5.